The van der Waals surface area contributed by atoms with Crippen LogP contribution in [0.5, 0.6) is 0 Å². The average Bonchev–Trinajstić information content (AvgIpc) is 3.95. The highest BCUT2D eigenvalue weighted by Crippen LogP contribution is 2.46. The molecule has 16 heteroatoms. The summed E-state index contributed by atoms with van der Waals surface area (Å²) in [7, 11) is -3.90. The van der Waals surface area contributed by atoms with E-state index in [2.05, 4.69) is 25.7 Å². The molecule has 0 bridgehead atoms. The molecular weight excluding hydrogens is 709 g/mol. The Kier molecular flexibility index (Phi) is 10.8. The summed E-state index contributed by atoms with van der Waals surface area (Å²) >= 11 is 1.32. The van der Waals surface area contributed by atoms with Crippen molar-refractivity contribution < 1.29 is 37.1 Å². The lowest BCUT2D eigenvalue weighted by molar-refractivity contribution is -0.141. The lowest BCUT2D eigenvalue weighted by Crippen LogP contribution is -2.58. The van der Waals surface area contributed by atoms with Crippen LogP contribution in [0.4, 0.5) is 4.79 Å². The topological polar surface area (TPSA) is 193 Å². The standard InChI is InChI=1S/C36H46N6O8S2/c1-35(2,3)50-34(47)39-26-15-11-6-4-5-10-14-23-19-36(23,33(46)41-52(48,49)25-16-17-25)40-30(44)28-18-24(20-42(28)32(26)45)37-29(43)27-21-51-31(38-27)22-12-8-7-9-13-22/h7-10,12-14,21,23-26,28H,4-6,11,15-20H2,1-3H3,(H,37,43)(H,39,47)(H,40,44)(H,41,46)/t23-,24-,26+,28+,36-/m1/s1. The number of rotatable bonds is 7. The van der Waals surface area contributed by atoms with E-state index < -0.39 is 80.2 Å². The van der Waals surface area contributed by atoms with Crippen LogP contribution in [0.25, 0.3) is 10.6 Å². The molecule has 1 saturated heterocycles. The summed E-state index contributed by atoms with van der Waals surface area (Å²) in [4.78, 5) is 74.3. The highest BCUT2D eigenvalue weighted by atomic mass is 32.2. The van der Waals surface area contributed by atoms with Gasteiger partial charge in [-0.25, -0.2) is 18.2 Å². The van der Waals surface area contributed by atoms with Crippen molar-refractivity contribution in [3.63, 3.8) is 0 Å². The largest absolute Gasteiger partial charge is 0.444 e. The van der Waals surface area contributed by atoms with Crippen molar-refractivity contribution in [1.82, 2.24) is 30.6 Å². The van der Waals surface area contributed by atoms with E-state index in [-0.39, 0.29) is 25.1 Å². The van der Waals surface area contributed by atoms with Crippen molar-refractivity contribution in [1.29, 1.82) is 0 Å². The molecule has 52 heavy (non-hydrogen) atoms. The predicted molar refractivity (Wildman–Crippen MR) is 193 cm³/mol. The Labute approximate surface area is 307 Å². The molecule has 1 aromatic carbocycles. The number of fused-ring (bicyclic) bond motifs is 2. The number of hydrogen-bond donors (Lipinski definition) is 4. The van der Waals surface area contributed by atoms with Gasteiger partial charge in [0.25, 0.3) is 11.8 Å². The maximum absolute atomic E-state index is 14.3. The summed E-state index contributed by atoms with van der Waals surface area (Å²) in [6, 6.07) is 6.58. The van der Waals surface area contributed by atoms with E-state index in [9.17, 15) is 32.4 Å². The number of thiazole rings is 1. The summed E-state index contributed by atoms with van der Waals surface area (Å²) in [5, 5.41) is 10.1. The minimum Gasteiger partial charge on any atom is -0.444 e. The van der Waals surface area contributed by atoms with E-state index in [0.717, 1.165) is 18.4 Å². The Hall–Kier alpha value is -4.31. The summed E-state index contributed by atoms with van der Waals surface area (Å²) < 4.78 is 33.2. The smallest absolute Gasteiger partial charge is 0.408 e. The molecule has 3 fully saturated rings. The van der Waals surface area contributed by atoms with E-state index in [4.69, 9.17) is 4.74 Å². The van der Waals surface area contributed by atoms with Crippen molar-refractivity contribution in [2.75, 3.05) is 6.54 Å². The first-order chi connectivity index (χ1) is 24.6. The number of amides is 5. The highest BCUT2D eigenvalue weighted by Gasteiger charge is 2.62. The van der Waals surface area contributed by atoms with E-state index >= 15 is 0 Å². The number of carbonyl (C=O) groups excluding carboxylic acids is 5. The molecule has 6 rings (SSSR count). The van der Waals surface area contributed by atoms with E-state index in [1.54, 1.807) is 26.2 Å². The van der Waals surface area contributed by atoms with Crippen molar-refractivity contribution in [2.45, 2.75) is 113 Å². The molecule has 5 amide bonds. The van der Waals surface area contributed by atoms with E-state index in [1.165, 1.54) is 16.2 Å². The summed E-state index contributed by atoms with van der Waals surface area (Å²) in [6.45, 7) is 5.09. The van der Waals surface area contributed by atoms with E-state index in [1.807, 2.05) is 42.5 Å². The van der Waals surface area contributed by atoms with Crippen molar-refractivity contribution >= 4 is 51.1 Å². The Balaban J connectivity index is 1.26. The SMILES string of the molecule is CC(C)(C)OC(=O)N[C@H]1CCCCCC=C[C@@H]2C[C@@]2(C(=O)NS(=O)(=O)C2CC2)NC(=O)[C@@H]2C[C@@H](NC(=O)c3csc(-c4ccccc4)n3)CN2C1=O. The molecule has 2 saturated carbocycles. The molecule has 2 aliphatic carbocycles. The first-order valence-corrected chi connectivity index (χ1v) is 20.2. The van der Waals surface area contributed by atoms with Crippen LogP contribution in [-0.2, 0) is 29.1 Å². The zero-order valence-corrected chi connectivity index (χ0v) is 31.2. The normalized spacial score (nSPS) is 26.9. The molecule has 1 aromatic heterocycles. The Morgan fingerprint density at radius 1 is 1.04 bits per heavy atom. The van der Waals surface area contributed by atoms with Crippen LogP contribution in [0.15, 0.2) is 47.9 Å². The fraction of sp³-hybridized carbons (Fsp3) is 0.556. The number of nitrogens with zero attached hydrogens (tertiary/aromatic N) is 2. The number of allylic oxidation sites excluding steroid dienone is 1. The zero-order chi connectivity index (χ0) is 37.3. The van der Waals surface area contributed by atoms with Crippen molar-refractivity contribution in [3.8, 4) is 10.6 Å². The summed E-state index contributed by atoms with van der Waals surface area (Å²) in [5.74, 6) is -2.92. The summed E-state index contributed by atoms with van der Waals surface area (Å²) in [6.07, 6.45) is 7.23. The van der Waals surface area contributed by atoms with Gasteiger partial charge in [-0.3, -0.25) is 23.9 Å². The monoisotopic (exact) mass is 754 g/mol. The van der Waals surface area contributed by atoms with E-state index in [0.29, 0.717) is 37.1 Å². The Bertz CT molecular complexity index is 1840. The summed E-state index contributed by atoms with van der Waals surface area (Å²) in [5.41, 5.74) is -1.29. The van der Waals surface area contributed by atoms with Gasteiger partial charge < -0.3 is 25.6 Å². The van der Waals surface area contributed by atoms with Crippen LogP contribution in [0.3, 0.4) is 0 Å². The highest BCUT2D eigenvalue weighted by molar-refractivity contribution is 7.91. The molecular formula is C36H46N6O8S2. The van der Waals surface area contributed by atoms with Gasteiger partial charge in [0.1, 0.15) is 33.9 Å². The molecule has 280 valence electrons. The fourth-order valence-corrected chi connectivity index (χ4v) is 8.88. The zero-order valence-electron chi connectivity index (χ0n) is 29.6. The molecule has 14 nitrogen and oxygen atoms in total. The van der Waals surface area contributed by atoms with Gasteiger partial charge in [0.05, 0.1) is 5.25 Å². The number of carbonyl (C=O) groups is 5. The van der Waals surface area contributed by atoms with Crippen LogP contribution in [0.2, 0.25) is 0 Å². The van der Waals surface area contributed by atoms with Gasteiger partial charge in [-0.15, -0.1) is 11.3 Å². The second-order valence-corrected chi connectivity index (χ2v) is 17.8. The third-order valence-corrected chi connectivity index (χ3v) is 12.4. The molecule has 4 N–H and O–H groups in total. The predicted octanol–water partition coefficient (Wildman–Crippen LogP) is 3.41. The van der Waals surface area contributed by atoms with Crippen LogP contribution in [-0.4, -0.2) is 89.1 Å². The minimum absolute atomic E-state index is 0.0106. The van der Waals surface area contributed by atoms with Gasteiger partial charge in [0.2, 0.25) is 21.8 Å². The van der Waals surface area contributed by atoms with Crippen LogP contribution < -0.4 is 20.7 Å². The number of hydrogen-bond acceptors (Lipinski definition) is 10. The number of aromatic nitrogens is 1. The second-order valence-electron chi connectivity index (χ2n) is 15.0. The number of ether oxygens (including phenoxy) is 1. The van der Waals surface area contributed by atoms with Gasteiger partial charge in [0, 0.05) is 29.4 Å². The number of benzene rings is 1. The third-order valence-electron chi connectivity index (χ3n) is 9.66. The molecule has 2 aliphatic heterocycles. The van der Waals surface area contributed by atoms with Crippen LogP contribution >= 0.6 is 11.3 Å². The lowest BCUT2D eigenvalue weighted by Gasteiger charge is -2.30. The number of nitrogens with one attached hydrogen (secondary N) is 4. The average molecular weight is 755 g/mol. The molecule has 5 atom stereocenters. The fourth-order valence-electron chi connectivity index (χ4n) is 6.71. The minimum atomic E-state index is -3.90. The Morgan fingerprint density at radius 3 is 2.50 bits per heavy atom. The molecule has 2 aromatic rings. The maximum atomic E-state index is 14.3. The number of alkyl carbamates (subject to hydrolysis) is 1. The van der Waals surface area contributed by atoms with Gasteiger partial charge in [0.15, 0.2) is 0 Å². The molecule has 0 spiro atoms. The van der Waals surface area contributed by atoms with Crippen molar-refractivity contribution in [3.05, 3.63) is 53.6 Å². The first-order valence-electron chi connectivity index (χ1n) is 17.8. The Morgan fingerprint density at radius 2 is 1.79 bits per heavy atom. The van der Waals surface area contributed by atoms with Gasteiger partial charge in [-0.05, 0) is 65.7 Å². The second kappa shape index (κ2) is 15.0. The molecule has 4 aliphatic rings. The molecule has 3 heterocycles. The molecule has 0 radical (unpaired) electrons. The number of sulfonamides is 1. The van der Waals surface area contributed by atoms with Gasteiger partial charge in [-0.1, -0.05) is 55.3 Å². The van der Waals surface area contributed by atoms with Crippen LogP contribution in [0, 0.1) is 5.92 Å². The quantitative estimate of drug-likeness (QED) is 0.307. The first kappa shape index (κ1) is 37.4. The van der Waals surface area contributed by atoms with Crippen molar-refractivity contribution in [2.24, 2.45) is 5.92 Å². The third kappa shape index (κ3) is 8.82. The van der Waals surface area contributed by atoms with Gasteiger partial charge in [-0.2, -0.15) is 0 Å². The van der Waals surface area contributed by atoms with Gasteiger partial charge >= 0.3 is 6.09 Å². The van der Waals surface area contributed by atoms with Crippen LogP contribution in [0.1, 0.15) is 89.0 Å². The maximum Gasteiger partial charge on any atom is 0.408 e. The molecule has 0 unspecified atom stereocenters. The lowest BCUT2D eigenvalue weighted by atomic mass is 10.0.